The first-order valence-electron chi connectivity index (χ1n) is 15.9. The molecule has 4 rings (SSSR count). The van der Waals surface area contributed by atoms with Crippen LogP contribution in [0.2, 0.25) is 0 Å². The number of hydrogen-bond acceptors (Lipinski definition) is 6. The van der Waals surface area contributed by atoms with Crippen molar-refractivity contribution in [3.8, 4) is 0 Å². The molecule has 0 aromatic heterocycles. The third-order valence-electron chi connectivity index (χ3n) is 13.1. The highest BCUT2D eigenvalue weighted by Gasteiger charge is 2.63. The number of carbonyl (C=O) groups excluding carboxylic acids is 2. The molecule has 0 amide bonds. The molecule has 0 aliphatic heterocycles. The molecule has 2 saturated carbocycles. The van der Waals surface area contributed by atoms with E-state index in [1.165, 1.54) is 6.92 Å². The number of Topliss-reactive ketones (excluding diaryl/α,β-unsaturated/α-hetero) is 1. The molecule has 8 heteroatoms. The average molecular weight is 589 g/mol. The Labute approximate surface area is 250 Å². The van der Waals surface area contributed by atoms with E-state index in [4.69, 9.17) is 9.84 Å². The maximum absolute atomic E-state index is 13.2. The highest BCUT2D eigenvalue weighted by Crippen LogP contribution is 2.72. The number of ether oxygens (including phenoxy) is 1. The van der Waals surface area contributed by atoms with E-state index in [9.17, 15) is 29.4 Å². The van der Waals surface area contributed by atoms with Crippen molar-refractivity contribution in [2.45, 2.75) is 119 Å². The van der Waals surface area contributed by atoms with E-state index < -0.39 is 42.8 Å². The molecular weight excluding hydrogens is 536 g/mol. The molecule has 42 heavy (non-hydrogen) atoms. The van der Waals surface area contributed by atoms with Crippen LogP contribution < -0.4 is 0 Å². The first kappa shape index (κ1) is 32.7. The van der Waals surface area contributed by atoms with Crippen LogP contribution in [0.1, 0.15) is 113 Å². The molecule has 8 nitrogen and oxygen atoms in total. The first-order chi connectivity index (χ1) is 19.4. The van der Waals surface area contributed by atoms with E-state index in [1.807, 2.05) is 0 Å². The molecule has 2 fully saturated rings. The van der Waals surface area contributed by atoms with E-state index in [-0.39, 0.29) is 39.5 Å². The van der Waals surface area contributed by atoms with Crippen LogP contribution in [0.5, 0.6) is 0 Å². The van der Waals surface area contributed by atoms with Crippen LogP contribution in [0.4, 0.5) is 0 Å². The van der Waals surface area contributed by atoms with Crippen LogP contribution in [0, 0.1) is 51.2 Å². The molecule has 3 N–H and O–H groups in total. The highest BCUT2D eigenvalue weighted by atomic mass is 16.5. The third-order valence-corrected chi connectivity index (χ3v) is 13.1. The lowest BCUT2D eigenvalue weighted by Gasteiger charge is -2.62. The number of carbonyl (C=O) groups is 4. The van der Waals surface area contributed by atoms with Crippen molar-refractivity contribution in [2.75, 3.05) is 6.61 Å². The second-order valence-corrected chi connectivity index (χ2v) is 15.3. The normalized spacial score (nSPS) is 37.5. The Morgan fingerprint density at radius 3 is 2.17 bits per heavy atom. The van der Waals surface area contributed by atoms with E-state index in [1.54, 1.807) is 11.1 Å². The van der Waals surface area contributed by atoms with Gasteiger partial charge in [-0.25, -0.2) is 0 Å². The summed E-state index contributed by atoms with van der Waals surface area (Å²) in [7, 11) is 0. The number of esters is 1. The third kappa shape index (κ3) is 5.13. The number of rotatable bonds is 10. The molecule has 0 aromatic carbocycles. The van der Waals surface area contributed by atoms with Gasteiger partial charge in [-0.2, -0.15) is 0 Å². The van der Waals surface area contributed by atoms with Crippen molar-refractivity contribution in [1.82, 2.24) is 0 Å². The zero-order valence-corrected chi connectivity index (χ0v) is 26.6. The monoisotopic (exact) mass is 588 g/mol. The van der Waals surface area contributed by atoms with Crippen LogP contribution in [-0.4, -0.2) is 51.7 Å². The van der Waals surface area contributed by atoms with Crippen molar-refractivity contribution in [3.63, 3.8) is 0 Å². The molecule has 4 aliphatic rings. The summed E-state index contributed by atoms with van der Waals surface area (Å²) >= 11 is 0. The maximum Gasteiger partial charge on any atom is 0.317 e. The number of allylic oxidation sites excluding steroid dienone is 2. The van der Waals surface area contributed by atoms with E-state index in [2.05, 4.69) is 41.5 Å². The SMILES string of the molecule is C[C@H](CC(=O)[C@@H](CO)[C@H](C)C(=O)O)[C@H]1CC[C@@]2(C)C3=C(CC[C@]12C)[C@@]1(C)CC[C@@H](OC(=O)CC(=O)O)C(C)(C)[C@@H]1CC3. The Morgan fingerprint density at radius 2 is 1.57 bits per heavy atom. The molecular formula is C34H52O8. The fourth-order valence-electron chi connectivity index (χ4n) is 10.5. The summed E-state index contributed by atoms with van der Waals surface area (Å²) < 4.78 is 5.77. The van der Waals surface area contributed by atoms with E-state index >= 15 is 0 Å². The maximum atomic E-state index is 13.2. The number of carboxylic acids is 2. The summed E-state index contributed by atoms with van der Waals surface area (Å²) in [6.45, 7) is 14.8. The number of aliphatic hydroxyl groups is 1. The van der Waals surface area contributed by atoms with Gasteiger partial charge < -0.3 is 20.1 Å². The van der Waals surface area contributed by atoms with Crippen molar-refractivity contribution in [1.29, 1.82) is 0 Å². The van der Waals surface area contributed by atoms with Crippen molar-refractivity contribution in [3.05, 3.63) is 11.1 Å². The fraction of sp³-hybridized carbons (Fsp3) is 0.824. The quantitative estimate of drug-likeness (QED) is 0.159. The van der Waals surface area contributed by atoms with Gasteiger partial charge >= 0.3 is 17.9 Å². The van der Waals surface area contributed by atoms with E-state index in [0.29, 0.717) is 18.3 Å². The predicted octanol–water partition coefficient (Wildman–Crippen LogP) is 6.05. The average Bonchev–Trinajstić information content (AvgIpc) is 3.17. The van der Waals surface area contributed by atoms with Crippen LogP contribution >= 0.6 is 0 Å². The summed E-state index contributed by atoms with van der Waals surface area (Å²) in [4.78, 5) is 48.0. The molecule has 9 atom stereocenters. The number of aliphatic hydroxyl groups excluding tert-OH is 1. The van der Waals surface area contributed by atoms with Gasteiger partial charge in [0.05, 0.1) is 18.4 Å². The lowest BCUT2D eigenvalue weighted by atomic mass is 9.43. The van der Waals surface area contributed by atoms with Crippen LogP contribution in [0.25, 0.3) is 0 Å². The zero-order chi connectivity index (χ0) is 31.4. The second kappa shape index (κ2) is 11.4. The predicted molar refractivity (Wildman–Crippen MR) is 157 cm³/mol. The molecule has 0 heterocycles. The van der Waals surface area contributed by atoms with Crippen LogP contribution in [0.3, 0.4) is 0 Å². The summed E-state index contributed by atoms with van der Waals surface area (Å²) in [5, 5.41) is 28.3. The van der Waals surface area contributed by atoms with Crippen LogP contribution in [-0.2, 0) is 23.9 Å². The molecule has 0 spiro atoms. The summed E-state index contributed by atoms with van der Waals surface area (Å²) in [6.07, 6.45) is 7.19. The van der Waals surface area contributed by atoms with Gasteiger partial charge in [-0.1, -0.05) is 59.6 Å². The number of hydrogen-bond donors (Lipinski definition) is 3. The van der Waals surface area contributed by atoms with Gasteiger partial charge in [-0.3, -0.25) is 19.2 Å². The van der Waals surface area contributed by atoms with Crippen LogP contribution in [0.15, 0.2) is 11.1 Å². The number of carboxylic acid groups (broad SMARTS) is 2. The Hall–Kier alpha value is -2.22. The summed E-state index contributed by atoms with van der Waals surface area (Å²) in [6, 6.07) is 0. The smallest absolute Gasteiger partial charge is 0.317 e. The van der Waals surface area contributed by atoms with Gasteiger partial charge in [-0.05, 0) is 85.4 Å². The van der Waals surface area contributed by atoms with Crippen molar-refractivity contribution in [2.24, 2.45) is 51.2 Å². The highest BCUT2D eigenvalue weighted by molar-refractivity contribution is 5.90. The lowest BCUT2D eigenvalue weighted by molar-refractivity contribution is -0.172. The van der Waals surface area contributed by atoms with E-state index in [0.717, 1.165) is 51.4 Å². The molecule has 0 aromatic rings. The Kier molecular flexibility index (Phi) is 8.85. The zero-order valence-electron chi connectivity index (χ0n) is 26.6. The molecule has 4 aliphatic carbocycles. The van der Waals surface area contributed by atoms with Gasteiger partial charge in [0.2, 0.25) is 0 Å². The molecule has 0 saturated heterocycles. The molecule has 0 unspecified atom stereocenters. The minimum atomic E-state index is -1.17. The van der Waals surface area contributed by atoms with Gasteiger partial charge in [0.15, 0.2) is 0 Å². The lowest BCUT2D eigenvalue weighted by Crippen LogP contribution is -2.56. The topological polar surface area (TPSA) is 138 Å². The minimum Gasteiger partial charge on any atom is -0.481 e. The minimum absolute atomic E-state index is 0.00187. The molecule has 236 valence electrons. The number of aliphatic carboxylic acids is 2. The number of ketones is 1. The van der Waals surface area contributed by atoms with Crippen molar-refractivity contribution < 1.29 is 39.2 Å². The van der Waals surface area contributed by atoms with Gasteiger partial charge in [0.25, 0.3) is 0 Å². The van der Waals surface area contributed by atoms with Gasteiger partial charge in [0, 0.05) is 11.8 Å². The number of fused-ring (bicyclic) bond motifs is 4. The van der Waals surface area contributed by atoms with Gasteiger partial charge in [-0.15, -0.1) is 0 Å². The standard InChI is InChI=1S/C34H52O8/c1-19(16-25(36)21(18-35)20(2)30(40)41)22-10-14-34(7)24-8-9-26-31(3,4)27(42-29(39)17-28(37)38)12-13-32(26,5)23(24)11-15-33(22,34)6/h19-22,26-27,35H,8-18H2,1-7H3,(H,37,38)(H,40,41)/t19-,20+,21+,22-,26+,27-,32-,33-,34+/m1/s1. The van der Waals surface area contributed by atoms with Crippen molar-refractivity contribution >= 4 is 23.7 Å². The Balaban J connectivity index is 1.57. The largest absolute Gasteiger partial charge is 0.481 e. The Morgan fingerprint density at radius 1 is 0.905 bits per heavy atom. The fourth-order valence-corrected chi connectivity index (χ4v) is 10.5. The summed E-state index contributed by atoms with van der Waals surface area (Å²) in [5.41, 5.74) is 2.96. The summed E-state index contributed by atoms with van der Waals surface area (Å²) in [5.74, 6) is -4.04. The molecule has 0 radical (unpaired) electrons. The van der Waals surface area contributed by atoms with Gasteiger partial charge in [0.1, 0.15) is 18.3 Å². The first-order valence-corrected chi connectivity index (χ1v) is 15.9. The molecule has 0 bridgehead atoms. The second-order valence-electron chi connectivity index (χ2n) is 15.3. The Bertz CT molecular complexity index is 1150.